The van der Waals surface area contributed by atoms with Crippen LogP contribution in [0.15, 0.2) is 0 Å². The predicted molar refractivity (Wildman–Crippen MR) is 100.0 cm³/mol. The van der Waals surface area contributed by atoms with Gasteiger partial charge in [0.1, 0.15) is 0 Å². The van der Waals surface area contributed by atoms with Gasteiger partial charge in [-0.15, -0.1) is 0 Å². The van der Waals surface area contributed by atoms with Gasteiger partial charge in [-0.25, -0.2) is 5.01 Å². The summed E-state index contributed by atoms with van der Waals surface area (Å²) in [6, 6.07) is 0. The fourth-order valence-electron chi connectivity index (χ4n) is 2.82. The predicted octanol–water partition coefficient (Wildman–Crippen LogP) is 4.86. The number of nitrogens with one attached hydrogen (secondary N) is 1. The first-order chi connectivity index (χ1) is 10.8. The first-order valence-corrected chi connectivity index (χ1v) is 9.94. The van der Waals surface area contributed by atoms with Gasteiger partial charge in [0, 0.05) is 20.1 Å². The number of nitrogens with two attached hydrogens (primary N) is 1. The molecule has 0 aliphatic rings. The standard InChI is InChI=1S/C19H43N3/c1-3-4-5-6-7-8-9-10-11-12-13-14-15-16-17-21-18-19-22(2)20/h21H,3-20H2,1-2H3. The summed E-state index contributed by atoms with van der Waals surface area (Å²) >= 11 is 0. The van der Waals surface area contributed by atoms with Crippen LogP contribution in [0, 0.1) is 0 Å². The van der Waals surface area contributed by atoms with Crippen molar-refractivity contribution in [1.82, 2.24) is 10.3 Å². The van der Waals surface area contributed by atoms with Crippen molar-refractivity contribution in [2.45, 2.75) is 96.8 Å². The molecule has 0 aliphatic heterocycles. The quantitative estimate of drug-likeness (QED) is 0.216. The maximum Gasteiger partial charge on any atom is 0.0250 e. The Labute approximate surface area is 140 Å². The Hall–Kier alpha value is -0.120. The summed E-state index contributed by atoms with van der Waals surface area (Å²) in [5.41, 5.74) is 0. The zero-order chi connectivity index (χ0) is 16.3. The first kappa shape index (κ1) is 21.9. The Balaban J connectivity index is 2.94. The van der Waals surface area contributed by atoms with Crippen LogP contribution in [0.5, 0.6) is 0 Å². The third-order valence-electron chi connectivity index (χ3n) is 4.35. The molecule has 0 aromatic carbocycles. The average molecular weight is 314 g/mol. The molecule has 0 saturated heterocycles. The average Bonchev–Trinajstić information content (AvgIpc) is 2.50. The van der Waals surface area contributed by atoms with Crippen molar-refractivity contribution in [2.75, 3.05) is 26.7 Å². The van der Waals surface area contributed by atoms with Crippen molar-refractivity contribution >= 4 is 0 Å². The van der Waals surface area contributed by atoms with E-state index in [-0.39, 0.29) is 0 Å². The Morgan fingerprint density at radius 1 is 0.636 bits per heavy atom. The molecule has 0 fully saturated rings. The molecule has 0 aromatic heterocycles. The number of nitrogens with zero attached hydrogens (tertiary/aromatic N) is 1. The van der Waals surface area contributed by atoms with Gasteiger partial charge in [-0.3, -0.25) is 5.84 Å². The number of hydrogen-bond donors (Lipinski definition) is 2. The van der Waals surface area contributed by atoms with Gasteiger partial charge in [-0.1, -0.05) is 90.4 Å². The van der Waals surface area contributed by atoms with Gasteiger partial charge >= 0.3 is 0 Å². The summed E-state index contributed by atoms with van der Waals surface area (Å²) in [4.78, 5) is 0. The highest BCUT2D eigenvalue weighted by Crippen LogP contribution is 2.12. The molecule has 0 spiro atoms. The van der Waals surface area contributed by atoms with Crippen LogP contribution in [0.25, 0.3) is 0 Å². The van der Waals surface area contributed by atoms with Crippen molar-refractivity contribution < 1.29 is 0 Å². The van der Waals surface area contributed by atoms with Crippen LogP contribution in [0.2, 0.25) is 0 Å². The number of unbranched alkanes of at least 4 members (excludes halogenated alkanes) is 13. The Morgan fingerprint density at radius 3 is 1.45 bits per heavy atom. The second-order valence-electron chi connectivity index (χ2n) is 6.83. The van der Waals surface area contributed by atoms with E-state index in [9.17, 15) is 0 Å². The van der Waals surface area contributed by atoms with E-state index in [1.807, 2.05) is 7.05 Å². The summed E-state index contributed by atoms with van der Waals surface area (Å²) in [5.74, 6) is 5.55. The van der Waals surface area contributed by atoms with Gasteiger partial charge in [0.2, 0.25) is 0 Å². The van der Waals surface area contributed by atoms with Gasteiger partial charge in [0.05, 0.1) is 0 Å². The van der Waals surface area contributed by atoms with Gasteiger partial charge in [-0.2, -0.15) is 0 Å². The first-order valence-electron chi connectivity index (χ1n) is 9.94. The summed E-state index contributed by atoms with van der Waals surface area (Å²) in [6.07, 6.45) is 20.0. The molecule has 3 heteroatoms. The van der Waals surface area contributed by atoms with E-state index in [2.05, 4.69) is 12.2 Å². The van der Waals surface area contributed by atoms with E-state index in [0.29, 0.717) is 0 Å². The van der Waals surface area contributed by atoms with E-state index >= 15 is 0 Å². The SMILES string of the molecule is CCCCCCCCCCCCCCCCNCCN(C)N. The van der Waals surface area contributed by atoms with Crippen molar-refractivity contribution in [3.8, 4) is 0 Å². The van der Waals surface area contributed by atoms with Crippen LogP contribution in [0.1, 0.15) is 96.8 Å². The largest absolute Gasteiger partial charge is 0.315 e. The Kier molecular flexibility index (Phi) is 18.8. The van der Waals surface area contributed by atoms with Crippen LogP contribution < -0.4 is 11.2 Å². The fraction of sp³-hybridized carbons (Fsp3) is 1.00. The summed E-state index contributed by atoms with van der Waals surface area (Å²) in [7, 11) is 1.91. The van der Waals surface area contributed by atoms with Gasteiger partial charge in [-0.05, 0) is 13.0 Å². The monoisotopic (exact) mass is 313 g/mol. The molecule has 0 aliphatic carbocycles. The molecule has 0 rings (SSSR count). The number of hydrogen-bond acceptors (Lipinski definition) is 3. The zero-order valence-electron chi connectivity index (χ0n) is 15.5. The maximum absolute atomic E-state index is 5.55. The van der Waals surface area contributed by atoms with E-state index in [4.69, 9.17) is 5.84 Å². The van der Waals surface area contributed by atoms with Crippen LogP contribution in [0.4, 0.5) is 0 Å². The second kappa shape index (κ2) is 18.9. The fourth-order valence-corrected chi connectivity index (χ4v) is 2.82. The minimum Gasteiger partial charge on any atom is -0.315 e. The molecule has 0 saturated carbocycles. The molecular weight excluding hydrogens is 270 g/mol. The summed E-state index contributed by atoms with van der Waals surface area (Å²) < 4.78 is 0. The van der Waals surface area contributed by atoms with Crippen LogP contribution >= 0.6 is 0 Å². The minimum absolute atomic E-state index is 0.929. The van der Waals surface area contributed by atoms with E-state index < -0.39 is 0 Å². The molecule has 134 valence electrons. The molecular formula is C19H43N3. The highest BCUT2D eigenvalue weighted by atomic mass is 15.4. The van der Waals surface area contributed by atoms with Crippen molar-refractivity contribution in [1.29, 1.82) is 0 Å². The molecule has 0 heterocycles. The normalized spacial score (nSPS) is 11.5. The van der Waals surface area contributed by atoms with E-state index in [0.717, 1.165) is 19.6 Å². The zero-order valence-corrected chi connectivity index (χ0v) is 15.5. The molecule has 0 atom stereocenters. The third-order valence-corrected chi connectivity index (χ3v) is 4.35. The lowest BCUT2D eigenvalue weighted by Crippen LogP contribution is -2.34. The highest BCUT2D eigenvalue weighted by Gasteiger charge is 1.94. The van der Waals surface area contributed by atoms with Crippen LogP contribution in [-0.4, -0.2) is 31.7 Å². The second-order valence-corrected chi connectivity index (χ2v) is 6.83. The van der Waals surface area contributed by atoms with Gasteiger partial charge in [0.25, 0.3) is 0 Å². The van der Waals surface area contributed by atoms with Crippen molar-refractivity contribution in [3.05, 3.63) is 0 Å². The topological polar surface area (TPSA) is 41.3 Å². The highest BCUT2D eigenvalue weighted by molar-refractivity contribution is 4.52. The summed E-state index contributed by atoms with van der Waals surface area (Å²) in [6.45, 7) is 5.37. The lowest BCUT2D eigenvalue weighted by atomic mass is 10.0. The van der Waals surface area contributed by atoms with Crippen LogP contribution in [-0.2, 0) is 0 Å². The van der Waals surface area contributed by atoms with Gasteiger partial charge < -0.3 is 5.32 Å². The molecule has 3 nitrogen and oxygen atoms in total. The molecule has 0 amide bonds. The van der Waals surface area contributed by atoms with Crippen molar-refractivity contribution in [3.63, 3.8) is 0 Å². The summed E-state index contributed by atoms with van der Waals surface area (Å²) in [5, 5.41) is 5.17. The Bertz CT molecular complexity index is 195. The maximum atomic E-state index is 5.55. The smallest absolute Gasteiger partial charge is 0.0250 e. The molecule has 0 unspecified atom stereocenters. The minimum atomic E-state index is 0.929. The molecule has 0 radical (unpaired) electrons. The van der Waals surface area contributed by atoms with Gasteiger partial charge in [0.15, 0.2) is 0 Å². The van der Waals surface area contributed by atoms with Crippen LogP contribution in [0.3, 0.4) is 0 Å². The van der Waals surface area contributed by atoms with Crippen molar-refractivity contribution in [2.24, 2.45) is 5.84 Å². The Morgan fingerprint density at radius 2 is 1.05 bits per heavy atom. The van der Waals surface area contributed by atoms with E-state index in [1.54, 1.807) is 5.01 Å². The van der Waals surface area contributed by atoms with E-state index in [1.165, 1.54) is 89.9 Å². The third kappa shape index (κ3) is 19.9. The molecule has 3 N–H and O–H groups in total. The molecule has 22 heavy (non-hydrogen) atoms. The number of rotatable bonds is 18. The molecule has 0 aromatic rings. The number of likely N-dealkylation sites (N-methyl/N-ethyl adjacent to an activating group) is 1. The molecule has 0 bridgehead atoms. The lowest BCUT2D eigenvalue weighted by molar-refractivity contribution is 0.345. The number of hydrazine groups is 1. The lowest BCUT2D eigenvalue weighted by Gasteiger charge is -2.09.